The van der Waals surface area contributed by atoms with Gasteiger partial charge in [-0.25, -0.2) is 9.36 Å². The molecule has 0 bridgehead atoms. The summed E-state index contributed by atoms with van der Waals surface area (Å²) < 4.78 is 9.83. The monoisotopic (exact) mass is 464 g/mol. The molecule has 0 spiro atoms. The molecule has 0 saturated carbocycles. The summed E-state index contributed by atoms with van der Waals surface area (Å²) in [4.78, 5) is 13.5. The lowest BCUT2D eigenvalue weighted by Gasteiger charge is -2.21. The zero-order valence-electron chi connectivity index (χ0n) is 20.2. The second-order valence-corrected chi connectivity index (χ2v) is 10.2. The quantitative estimate of drug-likeness (QED) is 0.269. The largest absolute Gasteiger partial charge is 0.443 e. The van der Waals surface area contributed by atoms with Crippen molar-refractivity contribution in [3.05, 3.63) is 59.2 Å². The number of hydrogen-bond acceptors (Lipinski definition) is 2. The Labute approximate surface area is 201 Å². The van der Waals surface area contributed by atoms with Crippen LogP contribution >= 0.6 is 11.6 Å². The van der Waals surface area contributed by atoms with Gasteiger partial charge in [0.1, 0.15) is 5.60 Å². The van der Waals surface area contributed by atoms with Crippen LogP contribution in [0.15, 0.2) is 48.5 Å². The Morgan fingerprint density at radius 2 is 1.76 bits per heavy atom. The summed E-state index contributed by atoms with van der Waals surface area (Å²) in [5.41, 5.74) is 4.56. The third kappa shape index (κ3) is 4.67. The summed E-state index contributed by atoms with van der Waals surface area (Å²) in [5, 5.41) is 2.71. The number of halogens is 1. The maximum atomic E-state index is 13.5. The van der Waals surface area contributed by atoms with Crippen LogP contribution in [0, 0.1) is 0 Å². The number of fused-ring (bicyclic) bond motifs is 2. The van der Waals surface area contributed by atoms with E-state index in [4.69, 9.17) is 16.3 Å². The molecule has 33 heavy (non-hydrogen) atoms. The van der Waals surface area contributed by atoms with Crippen molar-refractivity contribution >= 4 is 39.5 Å². The zero-order chi connectivity index (χ0) is 23.8. The van der Waals surface area contributed by atoms with E-state index in [1.807, 2.05) is 39.0 Å². The van der Waals surface area contributed by atoms with Crippen LogP contribution in [0.2, 0.25) is 5.02 Å². The molecule has 5 heteroatoms. The lowest BCUT2D eigenvalue weighted by Crippen LogP contribution is -2.27. The summed E-state index contributed by atoms with van der Waals surface area (Å²) in [6.07, 6.45) is 5.33. The molecule has 0 aliphatic carbocycles. The summed E-state index contributed by atoms with van der Waals surface area (Å²) in [5.74, 6) is 0. The van der Waals surface area contributed by atoms with E-state index >= 15 is 0 Å². The molecule has 0 saturated heterocycles. The van der Waals surface area contributed by atoms with Gasteiger partial charge in [0.15, 0.2) is 0 Å². The minimum atomic E-state index is -0.598. The highest BCUT2D eigenvalue weighted by Gasteiger charge is 2.26. The number of aromatic nitrogens is 2. The van der Waals surface area contributed by atoms with Crippen molar-refractivity contribution in [1.29, 1.82) is 0 Å². The molecule has 4 aromatic rings. The maximum absolute atomic E-state index is 13.5. The normalized spacial score (nSPS) is 12.1. The molecule has 0 N–H and O–H groups in total. The highest BCUT2D eigenvalue weighted by molar-refractivity contribution is 6.31. The minimum Gasteiger partial charge on any atom is -0.443 e. The van der Waals surface area contributed by atoms with Gasteiger partial charge >= 0.3 is 6.09 Å². The van der Waals surface area contributed by atoms with Crippen LogP contribution in [0.3, 0.4) is 0 Å². The highest BCUT2D eigenvalue weighted by Crippen LogP contribution is 2.39. The number of hydrogen-bond donors (Lipinski definition) is 0. The zero-order valence-corrected chi connectivity index (χ0v) is 21.0. The molecule has 0 aliphatic rings. The molecule has 0 amide bonds. The smallest absolute Gasteiger partial charge is 0.419 e. The lowest BCUT2D eigenvalue weighted by molar-refractivity contribution is 0.0547. The fourth-order valence-corrected chi connectivity index (χ4v) is 4.80. The fourth-order valence-electron chi connectivity index (χ4n) is 4.62. The second kappa shape index (κ2) is 9.26. The van der Waals surface area contributed by atoms with Gasteiger partial charge in [0.05, 0.1) is 11.2 Å². The third-order valence-electron chi connectivity index (χ3n) is 6.09. The number of rotatable bonds is 6. The number of carbonyl (C=O) groups excluding carboxylic acids is 1. The van der Waals surface area contributed by atoms with E-state index in [0.717, 1.165) is 45.9 Å². The summed E-state index contributed by atoms with van der Waals surface area (Å²) in [6.45, 7) is 7.91. The van der Waals surface area contributed by atoms with Gasteiger partial charge in [0, 0.05) is 39.6 Å². The number of unbranched alkanes of at least 4 members (excludes halogenated alkanes) is 3. The van der Waals surface area contributed by atoms with Crippen LogP contribution < -0.4 is 0 Å². The predicted octanol–water partition coefficient (Wildman–Crippen LogP) is 8.36. The predicted molar refractivity (Wildman–Crippen MR) is 138 cm³/mol. The number of benzene rings is 2. The molecule has 174 valence electrons. The summed E-state index contributed by atoms with van der Waals surface area (Å²) in [7, 11) is 2.12. The minimum absolute atomic E-state index is 0.375. The van der Waals surface area contributed by atoms with E-state index < -0.39 is 5.60 Å². The topological polar surface area (TPSA) is 36.2 Å². The molecular weight excluding hydrogens is 432 g/mol. The fraction of sp³-hybridized carbons (Fsp3) is 0.393. The van der Waals surface area contributed by atoms with Crippen molar-refractivity contribution in [2.45, 2.75) is 65.4 Å². The SMILES string of the molecule is CCCCCCc1c(-c2cc3cc(Cl)ccc3n2C(=O)OC(C)(C)C)c2ccccc2n1C. The average Bonchev–Trinajstić information content (AvgIpc) is 3.25. The summed E-state index contributed by atoms with van der Waals surface area (Å²) >= 11 is 6.31. The van der Waals surface area contributed by atoms with Gasteiger partial charge < -0.3 is 9.30 Å². The third-order valence-corrected chi connectivity index (χ3v) is 6.33. The van der Waals surface area contributed by atoms with Gasteiger partial charge in [0.2, 0.25) is 0 Å². The van der Waals surface area contributed by atoms with E-state index in [-0.39, 0.29) is 6.09 Å². The van der Waals surface area contributed by atoms with Crippen LogP contribution in [0.5, 0.6) is 0 Å². The van der Waals surface area contributed by atoms with Crippen molar-refractivity contribution in [2.24, 2.45) is 7.05 Å². The molecule has 0 atom stereocenters. The van der Waals surface area contributed by atoms with Crippen molar-refractivity contribution in [3.8, 4) is 11.3 Å². The Bertz CT molecular complexity index is 1310. The van der Waals surface area contributed by atoms with E-state index in [9.17, 15) is 4.79 Å². The number of aryl methyl sites for hydroxylation is 1. The average molecular weight is 465 g/mol. The molecular formula is C28H33ClN2O2. The first-order chi connectivity index (χ1) is 15.7. The molecule has 2 heterocycles. The molecule has 0 aliphatic heterocycles. The molecule has 0 fully saturated rings. The number of para-hydroxylation sites is 1. The summed E-state index contributed by atoms with van der Waals surface area (Å²) in [6, 6.07) is 16.1. The van der Waals surface area contributed by atoms with Crippen molar-refractivity contribution in [2.75, 3.05) is 0 Å². The van der Waals surface area contributed by atoms with Crippen LogP contribution in [-0.4, -0.2) is 20.8 Å². The Balaban J connectivity index is 1.97. The van der Waals surface area contributed by atoms with E-state index in [1.54, 1.807) is 4.57 Å². The lowest BCUT2D eigenvalue weighted by atomic mass is 10.0. The van der Waals surface area contributed by atoms with Gasteiger partial charge in [-0.2, -0.15) is 0 Å². The molecule has 0 radical (unpaired) electrons. The molecule has 4 nitrogen and oxygen atoms in total. The maximum Gasteiger partial charge on any atom is 0.419 e. The first kappa shape index (κ1) is 23.4. The Morgan fingerprint density at radius 1 is 1.00 bits per heavy atom. The van der Waals surface area contributed by atoms with Gasteiger partial charge in [-0.1, -0.05) is 56.0 Å². The van der Waals surface area contributed by atoms with Crippen molar-refractivity contribution in [1.82, 2.24) is 9.13 Å². The number of nitrogens with zero attached hydrogens (tertiary/aromatic N) is 2. The number of ether oxygens (including phenoxy) is 1. The van der Waals surface area contributed by atoms with Gasteiger partial charge in [0.25, 0.3) is 0 Å². The van der Waals surface area contributed by atoms with E-state index in [2.05, 4.69) is 48.9 Å². The Hall–Kier alpha value is -2.72. The number of carbonyl (C=O) groups is 1. The van der Waals surface area contributed by atoms with E-state index in [1.165, 1.54) is 25.0 Å². The van der Waals surface area contributed by atoms with Crippen LogP contribution in [0.4, 0.5) is 4.79 Å². The van der Waals surface area contributed by atoms with Crippen molar-refractivity contribution < 1.29 is 9.53 Å². The second-order valence-electron chi connectivity index (χ2n) is 9.76. The van der Waals surface area contributed by atoms with Crippen LogP contribution in [0.25, 0.3) is 33.1 Å². The first-order valence-corrected chi connectivity index (χ1v) is 12.2. The standard InChI is InChI=1S/C28H33ClN2O2/c1-6-7-8-9-14-24-26(21-12-10-11-13-23(21)30(24)5)25-18-19-17-20(29)15-16-22(19)31(25)27(32)33-28(2,3)4/h10-13,15-18H,6-9,14H2,1-5H3. The van der Waals surface area contributed by atoms with Gasteiger partial charge in [-0.05, 0) is 63.9 Å². The van der Waals surface area contributed by atoms with Crippen LogP contribution in [-0.2, 0) is 18.2 Å². The highest BCUT2D eigenvalue weighted by atomic mass is 35.5. The van der Waals surface area contributed by atoms with Gasteiger partial charge in [-0.3, -0.25) is 0 Å². The Morgan fingerprint density at radius 3 is 2.48 bits per heavy atom. The first-order valence-electron chi connectivity index (χ1n) is 11.8. The van der Waals surface area contributed by atoms with Gasteiger partial charge in [-0.15, -0.1) is 0 Å². The van der Waals surface area contributed by atoms with Crippen molar-refractivity contribution in [3.63, 3.8) is 0 Å². The van der Waals surface area contributed by atoms with E-state index in [0.29, 0.717) is 5.02 Å². The molecule has 2 aromatic heterocycles. The molecule has 4 rings (SSSR count). The molecule has 2 aromatic carbocycles. The Kier molecular flexibility index (Phi) is 6.58. The molecule has 0 unspecified atom stereocenters. The van der Waals surface area contributed by atoms with Crippen LogP contribution in [0.1, 0.15) is 59.1 Å².